The van der Waals surface area contributed by atoms with Crippen LogP contribution in [0.4, 0.5) is 13.2 Å². The van der Waals surface area contributed by atoms with Crippen LogP contribution in [0, 0.1) is 0 Å². The molecule has 0 unspecified atom stereocenters. The number of alkyl halides is 3. The highest BCUT2D eigenvalue weighted by Crippen LogP contribution is 2.29. The average molecular weight is 372 g/mol. The van der Waals surface area contributed by atoms with E-state index in [0.29, 0.717) is 6.54 Å². The summed E-state index contributed by atoms with van der Waals surface area (Å²) >= 11 is 3.32. The van der Waals surface area contributed by atoms with Crippen molar-refractivity contribution in [2.45, 2.75) is 12.7 Å². The lowest BCUT2D eigenvalue weighted by Gasteiger charge is -2.18. The van der Waals surface area contributed by atoms with Crippen molar-refractivity contribution in [1.29, 1.82) is 0 Å². The molecule has 0 aromatic heterocycles. The lowest BCUT2D eigenvalue weighted by Crippen LogP contribution is -2.26. The van der Waals surface area contributed by atoms with Crippen LogP contribution in [0.25, 0.3) is 0 Å². The fourth-order valence-electron chi connectivity index (χ4n) is 1.98. The normalized spacial score (nSPS) is 11.3. The lowest BCUT2D eigenvalue weighted by molar-refractivity contribution is -0.137. The molecule has 0 aliphatic rings. The summed E-state index contributed by atoms with van der Waals surface area (Å²) in [5, 5.41) is 0. The van der Waals surface area contributed by atoms with Gasteiger partial charge in [-0.15, -0.1) is 0 Å². The van der Waals surface area contributed by atoms with E-state index in [1.54, 1.807) is 7.05 Å². The molecule has 22 heavy (non-hydrogen) atoms. The molecule has 0 saturated heterocycles. The molecule has 0 saturated carbocycles. The van der Waals surface area contributed by atoms with E-state index in [9.17, 15) is 18.0 Å². The maximum absolute atomic E-state index is 12.7. The summed E-state index contributed by atoms with van der Waals surface area (Å²) < 4.78 is 39.0. The number of amides is 1. The van der Waals surface area contributed by atoms with Gasteiger partial charge in [0.25, 0.3) is 5.91 Å². The smallest absolute Gasteiger partial charge is 0.337 e. The first-order valence-electron chi connectivity index (χ1n) is 6.44. The van der Waals surface area contributed by atoms with Gasteiger partial charge in [0.1, 0.15) is 0 Å². The summed E-state index contributed by atoms with van der Waals surface area (Å²) in [4.78, 5) is 13.6. The third-order valence-corrected chi connectivity index (χ3v) is 3.65. The number of carbonyl (C=O) groups is 1. The highest BCUT2D eigenvalue weighted by molar-refractivity contribution is 9.10. The topological polar surface area (TPSA) is 20.3 Å². The van der Waals surface area contributed by atoms with E-state index >= 15 is 0 Å². The molecule has 0 aliphatic heterocycles. The minimum atomic E-state index is -4.46. The Morgan fingerprint density at radius 3 is 2.36 bits per heavy atom. The van der Waals surface area contributed by atoms with E-state index in [2.05, 4.69) is 15.9 Å². The van der Waals surface area contributed by atoms with Gasteiger partial charge in [-0.25, -0.2) is 0 Å². The van der Waals surface area contributed by atoms with Crippen molar-refractivity contribution in [3.63, 3.8) is 0 Å². The van der Waals surface area contributed by atoms with Crippen molar-refractivity contribution in [3.8, 4) is 0 Å². The fourth-order valence-corrected chi connectivity index (χ4v) is 2.25. The molecule has 0 bridgehead atoms. The summed E-state index contributed by atoms with van der Waals surface area (Å²) in [7, 11) is 1.56. The number of carbonyl (C=O) groups excluding carboxylic acids is 1. The zero-order valence-corrected chi connectivity index (χ0v) is 13.3. The van der Waals surface area contributed by atoms with Gasteiger partial charge in [-0.3, -0.25) is 4.79 Å². The summed E-state index contributed by atoms with van der Waals surface area (Å²) in [6, 6.07) is 11.8. The van der Waals surface area contributed by atoms with Crippen LogP contribution in [0.15, 0.2) is 53.0 Å². The van der Waals surface area contributed by atoms with Gasteiger partial charge in [0.2, 0.25) is 0 Å². The van der Waals surface area contributed by atoms with Crippen LogP contribution >= 0.6 is 15.9 Å². The molecule has 0 heterocycles. The summed E-state index contributed by atoms with van der Waals surface area (Å²) in [6.45, 7) is 0.322. The maximum atomic E-state index is 12.7. The van der Waals surface area contributed by atoms with Crippen molar-refractivity contribution in [1.82, 2.24) is 4.90 Å². The maximum Gasteiger partial charge on any atom is 0.416 e. The Balaban J connectivity index is 2.15. The predicted octanol–water partition coefficient (Wildman–Crippen LogP) is 4.74. The Kier molecular flexibility index (Phi) is 4.90. The molecular weight excluding hydrogens is 359 g/mol. The van der Waals surface area contributed by atoms with Gasteiger partial charge in [-0.05, 0) is 35.9 Å². The van der Waals surface area contributed by atoms with E-state index in [1.165, 1.54) is 17.0 Å². The Morgan fingerprint density at radius 1 is 1.14 bits per heavy atom. The molecule has 0 radical (unpaired) electrons. The van der Waals surface area contributed by atoms with Gasteiger partial charge in [0.05, 0.1) is 5.56 Å². The van der Waals surface area contributed by atoms with Crippen LogP contribution in [0.3, 0.4) is 0 Å². The molecule has 1 amide bonds. The molecule has 116 valence electrons. The molecule has 0 spiro atoms. The summed E-state index contributed by atoms with van der Waals surface area (Å²) in [5.74, 6) is -0.450. The largest absolute Gasteiger partial charge is 0.416 e. The second kappa shape index (κ2) is 6.52. The SMILES string of the molecule is CN(Cc1ccc(Br)cc1)C(=O)c1cccc(C(F)(F)F)c1. The van der Waals surface area contributed by atoms with Crippen molar-refractivity contribution in [2.24, 2.45) is 0 Å². The van der Waals surface area contributed by atoms with E-state index in [-0.39, 0.29) is 5.56 Å². The van der Waals surface area contributed by atoms with Crippen molar-refractivity contribution in [2.75, 3.05) is 7.05 Å². The van der Waals surface area contributed by atoms with Crippen molar-refractivity contribution in [3.05, 3.63) is 69.7 Å². The molecule has 0 aliphatic carbocycles. The number of benzene rings is 2. The first kappa shape index (κ1) is 16.5. The number of halogens is 4. The van der Waals surface area contributed by atoms with Crippen LogP contribution in [0.2, 0.25) is 0 Å². The van der Waals surface area contributed by atoms with Crippen LogP contribution in [0.5, 0.6) is 0 Å². The number of rotatable bonds is 3. The molecule has 2 aromatic carbocycles. The molecule has 6 heteroatoms. The molecule has 2 rings (SSSR count). The van der Waals surface area contributed by atoms with Gasteiger partial charge >= 0.3 is 6.18 Å². The van der Waals surface area contributed by atoms with Crippen LogP contribution in [-0.4, -0.2) is 17.9 Å². The van der Waals surface area contributed by atoms with Crippen LogP contribution in [-0.2, 0) is 12.7 Å². The van der Waals surface area contributed by atoms with Crippen LogP contribution < -0.4 is 0 Å². The van der Waals surface area contributed by atoms with E-state index in [0.717, 1.165) is 22.2 Å². The lowest BCUT2D eigenvalue weighted by atomic mass is 10.1. The van der Waals surface area contributed by atoms with Gasteiger partial charge in [0.15, 0.2) is 0 Å². The third-order valence-electron chi connectivity index (χ3n) is 3.12. The highest BCUT2D eigenvalue weighted by Gasteiger charge is 2.31. The van der Waals surface area contributed by atoms with E-state index in [4.69, 9.17) is 0 Å². The zero-order valence-electron chi connectivity index (χ0n) is 11.7. The van der Waals surface area contributed by atoms with E-state index in [1.807, 2.05) is 24.3 Å². The second-order valence-corrected chi connectivity index (χ2v) is 5.78. The minimum absolute atomic E-state index is 0.0226. The summed E-state index contributed by atoms with van der Waals surface area (Å²) in [5.41, 5.74) is 0.0934. The van der Waals surface area contributed by atoms with Crippen molar-refractivity contribution >= 4 is 21.8 Å². The predicted molar refractivity (Wildman–Crippen MR) is 81.4 cm³/mol. The van der Waals surface area contributed by atoms with Gasteiger partial charge < -0.3 is 4.90 Å². The molecule has 0 N–H and O–H groups in total. The summed E-state index contributed by atoms with van der Waals surface area (Å²) in [6.07, 6.45) is -4.46. The number of nitrogens with zero attached hydrogens (tertiary/aromatic N) is 1. The standard InChI is InChI=1S/C16H13BrF3NO/c1-21(10-11-5-7-14(17)8-6-11)15(22)12-3-2-4-13(9-12)16(18,19)20/h2-9H,10H2,1H3. The Morgan fingerprint density at radius 2 is 1.77 bits per heavy atom. The molecule has 2 nitrogen and oxygen atoms in total. The zero-order chi connectivity index (χ0) is 16.3. The van der Waals surface area contributed by atoms with Gasteiger partial charge in [0, 0.05) is 23.6 Å². The quantitative estimate of drug-likeness (QED) is 0.762. The average Bonchev–Trinajstić information content (AvgIpc) is 2.48. The molecule has 0 atom stereocenters. The van der Waals surface area contributed by atoms with Crippen molar-refractivity contribution < 1.29 is 18.0 Å². The number of hydrogen-bond donors (Lipinski definition) is 0. The Labute approximate surface area is 134 Å². The second-order valence-electron chi connectivity index (χ2n) is 4.87. The first-order valence-corrected chi connectivity index (χ1v) is 7.24. The molecule has 0 fully saturated rings. The number of hydrogen-bond acceptors (Lipinski definition) is 1. The molecule has 2 aromatic rings. The third kappa shape index (κ3) is 4.10. The molecular formula is C16H13BrF3NO. The highest BCUT2D eigenvalue weighted by atomic mass is 79.9. The minimum Gasteiger partial charge on any atom is -0.337 e. The van der Waals surface area contributed by atoms with Crippen LogP contribution in [0.1, 0.15) is 21.5 Å². The first-order chi connectivity index (χ1) is 10.3. The fraction of sp³-hybridized carbons (Fsp3) is 0.188. The van der Waals surface area contributed by atoms with Gasteiger partial charge in [-0.2, -0.15) is 13.2 Å². The Bertz CT molecular complexity index is 668. The van der Waals surface area contributed by atoms with E-state index < -0.39 is 17.6 Å². The van der Waals surface area contributed by atoms with Gasteiger partial charge in [-0.1, -0.05) is 34.1 Å². The monoisotopic (exact) mass is 371 g/mol. The Hall–Kier alpha value is -1.82.